The Balaban J connectivity index is 0.966. The van der Waals surface area contributed by atoms with Crippen LogP contribution in [0.1, 0.15) is 25.0 Å². The number of fused-ring (bicyclic) bond motifs is 3. The fourth-order valence-corrected chi connectivity index (χ4v) is 10.3. The van der Waals surface area contributed by atoms with Crippen LogP contribution >= 0.6 is 0 Å². The van der Waals surface area contributed by atoms with Crippen LogP contribution in [0.2, 0.25) is 0 Å². The van der Waals surface area contributed by atoms with Crippen molar-refractivity contribution in [3.63, 3.8) is 0 Å². The van der Waals surface area contributed by atoms with Gasteiger partial charge in [-0.3, -0.25) is 15.0 Å². The lowest BCUT2D eigenvalue weighted by molar-refractivity contribution is 0.660. The van der Waals surface area contributed by atoms with E-state index in [1.807, 2.05) is 30.7 Å². The minimum absolute atomic E-state index is 0.0804. The topological polar surface area (TPSA) is 38.7 Å². The van der Waals surface area contributed by atoms with Gasteiger partial charge in [-0.15, -0.1) is 0 Å². The lowest BCUT2D eigenvalue weighted by Gasteiger charge is -2.21. The van der Waals surface area contributed by atoms with Crippen molar-refractivity contribution in [1.82, 2.24) is 15.0 Å². The Hall–Kier alpha value is -8.79. The summed E-state index contributed by atoms with van der Waals surface area (Å²) < 4.78 is 0. The van der Waals surface area contributed by atoms with E-state index in [1.165, 1.54) is 22.3 Å². The first-order valence-corrected chi connectivity index (χ1v) is 23.6. The van der Waals surface area contributed by atoms with Crippen molar-refractivity contribution in [3.8, 4) is 112 Å². The highest BCUT2D eigenvalue weighted by Gasteiger charge is 2.35. The first-order valence-electron chi connectivity index (χ1n) is 23.6. The van der Waals surface area contributed by atoms with Crippen LogP contribution in [0.15, 0.2) is 249 Å². The maximum atomic E-state index is 5.14. The molecule has 3 heteroatoms. The molecular weight excluding hydrogens is 835 g/mol. The molecule has 0 atom stereocenters. The molecule has 0 spiro atoms. The van der Waals surface area contributed by atoms with E-state index in [2.05, 4.69) is 232 Å². The second-order valence-electron chi connectivity index (χ2n) is 18.4. The van der Waals surface area contributed by atoms with Gasteiger partial charge >= 0.3 is 0 Å². The van der Waals surface area contributed by atoms with Gasteiger partial charge in [0.15, 0.2) is 0 Å². The number of benzene rings is 8. The monoisotopic (exact) mass is 881 g/mol. The second-order valence-corrected chi connectivity index (χ2v) is 18.4. The maximum absolute atomic E-state index is 5.14. The van der Waals surface area contributed by atoms with E-state index in [-0.39, 0.29) is 5.41 Å². The van der Waals surface area contributed by atoms with Gasteiger partial charge in [0, 0.05) is 57.4 Å². The van der Waals surface area contributed by atoms with Gasteiger partial charge in [-0.05, 0) is 115 Å². The Morgan fingerprint density at radius 2 is 0.551 bits per heavy atom. The van der Waals surface area contributed by atoms with Crippen molar-refractivity contribution in [1.29, 1.82) is 0 Å². The van der Waals surface area contributed by atoms with Gasteiger partial charge < -0.3 is 0 Å². The van der Waals surface area contributed by atoms with E-state index < -0.39 is 0 Å². The third kappa shape index (κ3) is 7.74. The minimum Gasteiger partial charge on any atom is -0.256 e. The van der Waals surface area contributed by atoms with Crippen LogP contribution in [0.5, 0.6) is 0 Å². The molecule has 3 nitrogen and oxygen atoms in total. The lowest BCUT2D eigenvalue weighted by Crippen LogP contribution is -2.14. The van der Waals surface area contributed by atoms with Crippen LogP contribution in [-0.4, -0.2) is 15.0 Å². The Morgan fingerprint density at radius 1 is 0.232 bits per heavy atom. The molecule has 1 aliphatic carbocycles. The molecule has 0 saturated heterocycles. The van der Waals surface area contributed by atoms with Crippen LogP contribution in [0.3, 0.4) is 0 Å². The lowest BCUT2D eigenvalue weighted by atomic mass is 9.82. The zero-order chi connectivity index (χ0) is 46.3. The summed E-state index contributed by atoms with van der Waals surface area (Å²) in [6.07, 6.45) is 6.04. The van der Waals surface area contributed by atoms with Crippen LogP contribution in [-0.2, 0) is 5.41 Å². The van der Waals surface area contributed by atoms with E-state index in [9.17, 15) is 0 Å². The van der Waals surface area contributed by atoms with Gasteiger partial charge in [-0.2, -0.15) is 0 Å². The van der Waals surface area contributed by atoms with Gasteiger partial charge in [0.2, 0.25) is 0 Å². The number of rotatable bonds is 9. The fraction of sp³-hybridized carbons (Fsp3) is 0.0455. The fourth-order valence-electron chi connectivity index (χ4n) is 10.3. The molecule has 69 heavy (non-hydrogen) atoms. The standard InChI is InChI=1S/C66H47N3/c1-66(2)61-28-16-15-27-59(61)60-33-29-46(40-62(60)66)65-36-32-49(43-69-65)55-23-11-14-26-58(55)52-38-50(56-24-12-9-21-53(56)47-30-34-63(67-41-47)44-17-5-3-6-18-44)37-51(39-52)57-25-13-10-22-54(57)48-31-35-64(68-42-48)45-19-7-4-8-20-45/h3-43H,1-2H3. The maximum Gasteiger partial charge on any atom is 0.0702 e. The smallest absolute Gasteiger partial charge is 0.0702 e. The highest BCUT2D eigenvalue weighted by Crippen LogP contribution is 2.50. The third-order valence-electron chi connectivity index (χ3n) is 13.9. The number of hydrogen-bond donors (Lipinski definition) is 0. The Morgan fingerprint density at radius 3 is 0.942 bits per heavy atom. The molecular formula is C66H47N3. The number of nitrogens with zero attached hydrogens (tertiary/aromatic N) is 3. The molecule has 3 aromatic heterocycles. The molecule has 1 aliphatic rings. The molecule has 8 aromatic carbocycles. The van der Waals surface area contributed by atoms with Crippen molar-refractivity contribution < 1.29 is 0 Å². The second kappa shape index (κ2) is 17.5. The minimum atomic E-state index is -0.0804. The molecule has 0 fully saturated rings. The summed E-state index contributed by atoms with van der Waals surface area (Å²) >= 11 is 0. The molecule has 3 heterocycles. The molecule has 0 saturated carbocycles. The zero-order valence-corrected chi connectivity index (χ0v) is 38.5. The highest BCUT2D eigenvalue weighted by molar-refractivity contribution is 5.94. The summed E-state index contributed by atoms with van der Waals surface area (Å²) in [5.41, 5.74) is 24.7. The molecule has 12 rings (SSSR count). The Labute approximate surface area is 404 Å². The number of pyridine rings is 3. The van der Waals surface area contributed by atoms with E-state index in [1.54, 1.807) is 0 Å². The predicted molar refractivity (Wildman–Crippen MR) is 286 cm³/mol. The van der Waals surface area contributed by atoms with Crippen molar-refractivity contribution in [2.24, 2.45) is 0 Å². The van der Waals surface area contributed by atoms with E-state index in [0.717, 1.165) is 101 Å². The number of aromatic nitrogens is 3. The van der Waals surface area contributed by atoms with E-state index in [4.69, 9.17) is 15.0 Å². The zero-order valence-electron chi connectivity index (χ0n) is 38.5. The van der Waals surface area contributed by atoms with Gasteiger partial charge in [0.05, 0.1) is 17.1 Å². The summed E-state index contributed by atoms with van der Waals surface area (Å²) in [6.45, 7) is 4.65. The molecule has 0 N–H and O–H groups in total. The van der Waals surface area contributed by atoms with Gasteiger partial charge in [0.1, 0.15) is 0 Å². The van der Waals surface area contributed by atoms with Crippen molar-refractivity contribution in [2.45, 2.75) is 19.3 Å². The van der Waals surface area contributed by atoms with Crippen LogP contribution < -0.4 is 0 Å². The molecule has 0 radical (unpaired) electrons. The van der Waals surface area contributed by atoms with Gasteiger partial charge in [0.25, 0.3) is 0 Å². The summed E-state index contributed by atoms with van der Waals surface area (Å²) in [5.74, 6) is 0. The molecule has 11 aromatic rings. The summed E-state index contributed by atoms with van der Waals surface area (Å²) in [6, 6.07) is 82.5. The first-order chi connectivity index (χ1) is 34.0. The van der Waals surface area contributed by atoms with E-state index >= 15 is 0 Å². The van der Waals surface area contributed by atoms with Crippen molar-refractivity contribution >= 4 is 0 Å². The normalized spacial score (nSPS) is 12.3. The largest absolute Gasteiger partial charge is 0.256 e. The summed E-state index contributed by atoms with van der Waals surface area (Å²) in [4.78, 5) is 15.0. The SMILES string of the molecule is CC1(C)c2ccccc2-c2ccc(-c3ccc(-c4ccccc4-c4cc(-c5ccccc5-c5ccc(-c6ccccc6)nc5)cc(-c5ccccc5-c5ccc(-c6ccccc6)nc5)c4)cn3)cc21. The molecule has 0 bridgehead atoms. The third-order valence-corrected chi connectivity index (χ3v) is 13.9. The van der Waals surface area contributed by atoms with Crippen molar-refractivity contribution in [2.75, 3.05) is 0 Å². The quantitative estimate of drug-likeness (QED) is 0.145. The first kappa shape index (κ1) is 41.6. The van der Waals surface area contributed by atoms with Gasteiger partial charge in [-0.25, -0.2) is 0 Å². The predicted octanol–water partition coefficient (Wildman–Crippen LogP) is 17.2. The highest BCUT2D eigenvalue weighted by atomic mass is 14.7. The number of hydrogen-bond acceptors (Lipinski definition) is 3. The average Bonchev–Trinajstić information content (AvgIpc) is 3.66. The van der Waals surface area contributed by atoms with Crippen LogP contribution in [0.25, 0.3) is 112 Å². The molecule has 326 valence electrons. The molecule has 0 amide bonds. The Kier molecular flexibility index (Phi) is 10.5. The summed E-state index contributed by atoms with van der Waals surface area (Å²) in [5, 5.41) is 0. The van der Waals surface area contributed by atoms with E-state index in [0.29, 0.717) is 0 Å². The summed E-state index contributed by atoms with van der Waals surface area (Å²) in [7, 11) is 0. The average molecular weight is 882 g/mol. The van der Waals surface area contributed by atoms with Crippen molar-refractivity contribution in [3.05, 3.63) is 260 Å². The Bertz CT molecular complexity index is 3510. The van der Waals surface area contributed by atoms with Gasteiger partial charge in [-0.1, -0.05) is 202 Å². The molecule has 0 unspecified atom stereocenters. The van der Waals surface area contributed by atoms with Crippen LogP contribution in [0.4, 0.5) is 0 Å². The van der Waals surface area contributed by atoms with Crippen LogP contribution in [0, 0.1) is 0 Å². The molecule has 0 aliphatic heterocycles.